The second kappa shape index (κ2) is 9.96. The van der Waals surface area contributed by atoms with Crippen molar-refractivity contribution in [3.8, 4) is 6.01 Å². The van der Waals surface area contributed by atoms with E-state index in [0.29, 0.717) is 24.7 Å². The summed E-state index contributed by atoms with van der Waals surface area (Å²) < 4.78 is 5.69. The van der Waals surface area contributed by atoms with Crippen molar-refractivity contribution in [3.05, 3.63) is 35.5 Å². The number of fused-ring (bicyclic) bond motifs is 1. The van der Waals surface area contributed by atoms with E-state index in [4.69, 9.17) is 10.5 Å². The van der Waals surface area contributed by atoms with Crippen molar-refractivity contribution in [1.82, 2.24) is 14.9 Å². The summed E-state index contributed by atoms with van der Waals surface area (Å²) in [5.41, 5.74) is 9.07. The smallest absolute Gasteiger partial charge is 0.320 e. The Hall–Kier alpha value is -2.87. The third kappa shape index (κ3) is 5.44. The fraction of sp³-hybridized carbons (Fsp3) is 0.522. The fourth-order valence-electron chi connectivity index (χ4n) is 4.14. The van der Waals surface area contributed by atoms with Gasteiger partial charge >= 0.3 is 6.01 Å². The van der Waals surface area contributed by atoms with Crippen molar-refractivity contribution in [2.24, 2.45) is 0 Å². The lowest BCUT2D eigenvalue weighted by Crippen LogP contribution is -2.40. The molecule has 0 unspecified atom stereocenters. The van der Waals surface area contributed by atoms with E-state index in [9.17, 15) is 4.79 Å². The lowest BCUT2D eigenvalue weighted by atomic mass is 10.1. The Bertz CT molecular complexity index is 902. The highest BCUT2D eigenvalue weighted by atomic mass is 16.5. The van der Waals surface area contributed by atoms with Crippen molar-refractivity contribution >= 4 is 23.2 Å². The predicted molar refractivity (Wildman–Crippen MR) is 123 cm³/mol. The van der Waals surface area contributed by atoms with Gasteiger partial charge in [-0.3, -0.25) is 9.69 Å². The second-order valence-electron chi connectivity index (χ2n) is 8.32. The summed E-state index contributed by atoms with van der Waals surface area (Å²) in [6.07, 6.45) is 14.3. The predicted octanol–water partition coefficient (Wildman–Crippen LogP) is 2.90. The molecular weight excluding hydrogens is 392 g/mol. The highest BCUT2D eigenvalue weighted by Crippen LogP contribution is 2.34. The molecule has 3 heterocycles. The highest BCUT2D eigenvalue weighted by Gasteiger charge is 2.28. The van der Waals surface area contributed by atoms with E-state index in [1.165, 1.54) is 37.1 Å². The number of ether oxygens (including phenoxy) is 1. The van der Waals surface area contributed by atoms with E-state index >= 15 is 0 Å². The van der Waals surface area contributed by atoms with Gasteiger partial charge in [-0.15, -0.1) is 0 Å². The molecule has 1 aliphatic carbocycles. The normalized spacial score (nSPS) is 18.9. The molecule has 0 aromatic carbocycles. The maximum atomic E-state index is 12.3. The van der Waals surface area contributed by atoms with Gasteiger partial charge in [-0.2, -0.15) is 9.97 Å². The number of allylic oxidation sites excluding steroid dienone is 2. The van der Waals surface area contributed by atoms with Crippen LogP contribution in [0.3, 0.4) is 0 Å². The summed E-state index contributed by atoms with van der Waals surface area (Å²) >= 11 is 0. The topological polar surface area (TPSA) is 96.6 Å². The van der Waals surface area contributed by atoms with Gasteiger partial charge in [0.1, 0.15) is 5.69 Å². The van der Waals surface area contributed by atoms with Crippen LogP contribution in [0.15, 0.2) is 35.5 Å². The summed E-state index contributed by atoms with van der Waals surface area (Å²) in [6.45, 7) is 6.75. The van der Waals surface area contributed by atoms with Crippen LogP contribution >= 0.6 is 0 Å². The monoisotopic (exact) mass is 424 g/mol. The van der Waals surface area contributed by atoms with Gasteiger partial charge in [-0.05, 0) is 49.9 Å². The third-order valence-corrected chi connectivity index (χ3v) is 5.72. The molecule has 0 atom stereocenters. The van der Waals surface area contributed by atoms with Gasteiger partial charge in [0.15, 0.2) is 11.6 Å². The summed E-state index contributed by atoms with van der Waals surface area (Å²) in [6, 6.07) is 0.257. The quantitative estimate of drug-likeness (QED) is 0.619. The van der Waals surface area contributed by atoms with Crippen molar-refractivity contribution in [2.75, 3.05) is 55.3 Å². The average molecular weight is 425 g/mol. The van der Waals surface area contributed by atoms with E-state index in [1.807, 2.05) is 4.90 Å². The number of aromatic nitrogens is 2. The molecular formula is C23H32N6O2. The van der Waals surface area contributed by atoms with Crippen LogP contribution < -0.4 is 20.7 Å². The molecule has 8 nitrogen and oxygen atoms in total. The number of hydrogen-bond donors (Lipinski definition) is 2. The molecule has 2 aliphatic heterocycles. The van der Waals surface area contributed by atoms with E-state index in [1.54, 1.807) is 0 Å². The maximum Gasteiger partial charge on any atom is 0.320 e. The Labute approximate surface area is 183 Å². The summed E-state index contributed by atoms with van der Waals surface area (Å²) in [7, 11) is 0. The first-order valence-electron chi connectivity index (χ1n) is 11.3. The number of carbonyl (C=O) groups is 1. The van der Waals surface area contributed by atoms with Gasteiger partial charge in [0.25, 0.3) is 0 Å². The minimum atomic E-state index is -0.115. The standard InChI is InChI=1S/C23H32N6O2/c1-2-3-12-31-23-26-21(24)20-22(27-23)29(16-19(30)25-20)15-18-9-5-4-8-17(13-18)14-28-10-6-7-11-28/h4,8-9,13H,2-3,5-7,10-12,14-16H2,1H3,(H,25,30)(H2,24,26,27). The van der Waals surface area contributed by atoms with Gasteiger partial charge in [-0.25, -0.2) is 0 Å². The number of anilines is 3. The zero-order chi connectivity index (χ0) is 21.6. The second-order valence-corrected chi connectivity index (χ2v) is 8.32. The molecule has 8 heteroatoms. The number of amides is 1. The van der Waals surface area contributed by atoms with E-state index in [0.717, 1.165) is 25.8 Å². The molecule has 31 heavy (non-hydrogen) atoms. The molecule has 4 rings (SSSR count). The average Bonchev–Trinajstić information content (AvgIpc) is 3.15. The number of nitrogens with zero attached hydrogens (tertiary/aromatic N) is 4. The Morgan fingerprint density at radius 1 is 1.19 bits per heavy atom. The van der Waals surface area contributed by atoms with Crippen LogP contribution in [0.4, 0.5) is 17.3 Å². The molecule has 1 aromatic heterocycles. The first-order valence-corrected chi connectivity index (χ1v) is 11.3. The number of likely N-dealkylation sites (tertiary alicyclic amines) is 1. The zero-order valence-electron chi connectivity index (χ0n) is 18.3. The summed E-state index contributed by atoms with van der Waals surface area (Å²) in [5, 5.41) is 2.82. The summed E-state index contributed by atoms with van der Waals surface area (Å²) in [5.74, 6) is 0.735. The molecule has 0 radical (unpaired) electrons. The fourth-order valence-corrected chi connectivity index (χ4v) is 4.14. The minimum Gasteiger partial charge on any atom is -0.463 e. The molecule has 3 aliphatic rings. The van der Waals surface area contributed by atoms with Gasteiger partial charge in [0.2, 0.25) is 5.91 Å². The molecule has 0 bridgehead atoms. The van der Waals surface area contributed by atoms with Crippen LogP contribution in [0.25, 0.3) is 0 Å². The van der Waals surface area contributed by atoms with E-state index in [2.05, 4.69) is 51.4 Å². The van der Waals surface area contributed by atoms with Crippen LogP contribution in [0.2, 0.25) is 0 Å². The van der Waals surface area contributed by atoms with Crippen LogP contribution in [-0.2, 0) is 4.79 Å². The number of nitrogens with two attached hydrogens (primary N) is 1. The van der Waals surface area contributed by atoms with Crippen molar-refractivity contribution in [1.29, 1.82) is 0 Å². The Kier molecular flexibility index (Phi) is 6.86. The lowest BCUT2D eigenvalue weighted by Gasteiger charge is -2.30. The number of rotatable bonds is 8. The molecule has 3 N–H and O–H groups in total. The van der Waals surface area contributed by atoms with Gasteiger partial charge in [0.05, 0.1) is 13.2 Å². The number of nitrogens with one attached hydrogen (secondary N) is 1. The Morgan fingerprint density at radius 2 is 2.03 bits per heavy atom. The van der Waals surface area contributed by atoms with Crippen molar-refractivity contribution in [3.63, 3.8) is 0 Å². The SMILES string of the molecule is CCCCOc1nc(N)c2c(n1)N(CC1=CCC=CC(CN3CCCC3)=C1)CC(=O)N2. The van der Waals surface area contributed by atoms with E-state index in [-0.39, 0.29) is 24.3 Å². The molecule has 0 spiro atoms. The van der Waals surface area contributed by atoms with E-state index < -0.39 is 0 Å². The Balaban J connectivity index is 1.54. The Morgan fingerprint density at radius 3 is 2.84 bits per heavy atom. The minimum absolute atomic E-state index is 0.115. The molecule has 1 amide bonds. The van der Waals surface area contributed by atoms with Crippen LogP contribution in [0.1, 0.15) is 39.0 Å². The molecule has 166 valence electrons. The number of hydrogen-bond acceptors (Lipinski definition) is 7. The first kappa shape index (κ1) is 21.4. The van der Waals surface area contributed by atoms with Crippen LogP contribution in [0, 0.1) is 0 Å². The maximum absolute atomic E-state index is 12.3. The molecule has 1 fully saturated rings. The third-order valence-electron chi connectivity index (χ3n) is 5.72. The first-order chi connectivity index (χ1) is 15.1. The highest BCUT2D eigenvalue weighted by molar-refractivity contribution is 6.03. The van der Waals surface area contributed by atoms with Crippen molar-refractivity contribution < 1.29 is 9.53 Å². The van der Waals surface area contributed by atoms with Gasteiger partial charge < -0.3 is 20.7 Å². The number of nitrogen functional groups attached to an aromatic ring is 1. The van der Waals surface area contributed by atoms with Crippen molar-refractivity contribution in [2.45, 2.75) is 39.0 Å². The number of unbranched alkanes of at least 4 members (excludes halogenated alkanes) is 1. The largest absolute Gasteiger partial charge is 0.463 e. The summed E-state index contributed by atoms with van der Waals surface area (Å²) in [4.78, 5) is 25.6. The number of carbonyl (C=O) groups excluding carboxylic acids is 1. The van der Waals surface area contributed by atoms with Gasteiger partial charge in [0, 0.05) is 13.1 Å². The zero-order valence-corrected chi connectivity index (χ0v) is 18.3. The lowest BCUT2D eigenvalue weighted by molar-refractivity contribution is -0.115. The van der Waals surface area contributed by atoms with Gasteiger partial charge in [-0.1, -0.05) is 37.6 Å². The van der Waals surface area contributed by atoms with Crippen LogP contribution in [0.5, 0.6) is 6.01 Å². The molecule has 1 saturated heterocycles. The molecule has 1 aromatic rings. The molecule has 0 saturated carbocycles. The van der Waals surface area contributed by atoms with Crippen LogP contribution in [-0.4, -0.2) is 60.1 Å².